The minimum atomic E-state index is -0.409. The van der Waals surface area contributed by atoms with Crippen molar-refractivity contribution in [1.29, 1.82) is 0 Å². The fourth-order valence-electron chi connectivity index (χ4n) is 3.51. The van der Waals surface area contributed by atoms with Crippen LogP contribution in [0.4, 0.5) is 4.39 Å². The molecule has 2 aromatic carbocycles. The fourth-order valence-corrected chi connectivity index (χ4v) is 3.63. The van der Waals surface area contributed by atoms with E-state index in [0.717, 1.165) is 18.7 Å². The number of nitrogens with zero attached hydrogens (tertiary/aromatic N) is 3. The Labute approximate surface area is 173 Å². The van der Waals surface area contributed by atoms with Crippen molar-refractivity contribution in [2.24, 2.45) is 7.05 Å². The summed E-state index contributed by atoms with van der Waals surface area (Å²) in [6, 6.07) is 10.8. The zero-order valence-corrected chi connectivity index (χ0v) is 16.9. The Morgan fingerprint density at radius 3 is 2.66 bits per heavy atom. The maximum Gasteiger partial charge on any atom is 0.272 e. The number of nitrogens with one attached hydrogen (secondary N) is 1. The van der Waals surface area contributed by atoms with Crippen LogP contribution >= 0.6 is 11.6 Å². The van der Waals surface area contributed by atoms with Gasteiger partial charge in [0.05, 0.1) is 24.1 Å². The molecule has 1 fully saturated rings. The Hall–Kier alpha value is -2.48. The molecular weight excluding hydrogens is 395 g/mol. The van der Waals surface area contributed by atoms with E-state index in [1.165, 1.54) is 4.68 Å². The van der Waals surface area contributed by atoms with Crippen LogP contribution in [0.1, 0.15) is 21.6 Å². The molecule has 1 N–H and O–H groups in total. The van der Waals surface area contributed by atoms with Gasteiger partial charge in [-0.25, -0.2) is 4.39 Å². The molecular formula is C21H22ClFN4O2. The van der Waals surface area contributed by atoms with Gasteiger partial charge in [0.2, 0.25) is 0 Å². The number of aryl methyl sites for hydroxylation is 1. The van der Waals surface area contributed by atoms with Crippen LogP contribution in [0.15, 0.2) is 36.4 Å². The molecule has 1 amide bonds. The quantitative estimate of drug-likeness (QED) is 0.694. The lowest BCUT2D eigenvalue weighted by Crippen LogP contribution is -2.35. The lowest BCUT2D eigenvalue weighted by molar-refractivity contribution is 0.0337. The van der Waals surface area contributed by atoms with Gasteiger partial charge in [-0.3, -0.25) is 14.4 Å². The number of hydrogen-bond donors (Lipinski definition) is 1. The molecule has 1 aromatic heterocycles. The number of ether oxygens (including phenoxy) is 1. The van der Waals surface area contributed by atoms with Gasteiger partial charge in [0.1, 0.15) is 5.82 Å². The minimum absolute atomic E-state index is 0.0952. The number of hydrogen-bond acceptors (Lipinski definition) is 4. The third kappa shape index (κ3) is 4.27. The normalized spacial score (nSPS) is 15.0. The Morgan fingerprint density at radius 1 is 1.21 bits per heavy atom. The average molecular weight is 417 g/mol. The fraction of sp³-hybridized carbons (Fsp3) is 0.333. The van der Waals surface area contributed by atoms with E-state index in [0.29, 0.717) is 42.4 Å². The van der Waals surface area contributed by atoms with Gasteiger partial charge >= 0.3 is 0 Å². The van der Waals surface area contributed by atoms with E-state index in [-0.39, 0.29) is 11.1 Å². The molecule has 6 nitrogen and oxygen atoms in total. The lowest BCUT2D eigenvalue weighted by atomic mass is 10.1. The molecule has 4 rings (SSSR count). The second-order valence-electron chi connectivity index (χ2n) is 7.10. The minimum Gasteiger partial charge on any atom is -0.379 e. The summed E-state index contributed by atoms with van der Waals surface area (Å²) in [7, 11) is 1.71. The monoisotopic (exact) mass is 416 g/mol. The van der Waals surface area contributed by atoms with Gasteiger partial charge in [0.25, 0.3) is 5.91 Å². The predicted molar refractivity (Wildman–Crippen MR) is 109 cm³/mol. The van der Waals surface area contributed by atoms with Crippen molar-refractivity contribution < 1.29 is 13.9 Å². The second kappa shape index (κ2) is 8.49. The third-order valence-electron chi connectivity index (χ3n) is 5.11. The Morgan fingerprint density at radius 2 is 1.93 bits per heavy atom. The van der Waals surface area contributed by atoms with Gasteiger partial charge in [-0.1, -0.05) is 29.8 Å². The summed E-state index contributed by atoms with van der Waals surface area (Å²) in [6.07, 6.45) is 0. The molecule has 0 bridgehead atoms. The highest BCUT2D eigenvalue weighted by atomic mass is 35.5. The van der Waals surface area contributed by atoms with Crippen LogP contribution in [0.5, 0.6) is 0 Å². The summed E-state index contributed by atoms with van der Waals surface area (Å²) in [5.41, 5.74) is 2.14. The summed E-state index contributed by atoms with van der Waals surface area (Å²) < 4.78 is 22.2. The molecule has 152 valence electrons. The molecule has 29 heavy (non-hydrogen) atoms. The first-order valence-corrected chi connectivity index (χ1v) is 9.87. The highest BCUT2D eigenvalue weighted by Gasteiger charge is 2.22. The number of amides is 1. The van der Waals surface area contributed by atoms with Crippen LogP contribution in [0.25, 0.3) is 10.9 Å². The van der Waals surface area contributed by atoms with Crippen molar-refractivity contribution in [1.82, 2.24) is 20.0 Å². The lowest BCUT2D eigenvalue weighted by Gasteiger charge is -2.26. The number of aromatic nitrogens is 2. The summed E-state index contributed by atoms with van der Waals surface area (Å²) in [5.74, 6) is -0.799. The number of fused-ring (bicyclic) bond motifs is 1. The van der Waals surface area contributed by atoms with Crippen molar-refractivity contribution in [2.75, 3.05) is 26.3 Å². The molecule has 1 aliphatic rings. The van der Waals surface area contributed by atoms with Crippen molar-refractivity contribution >= 4 is 28.4 Å². The van der Waals surface area contributed by atoms with Crippen LogP contribution < -0.4 is 5.32 Å². The number of halogens is 2. The molecule has 0 spiro atoms. The first-order chi connectivity index (χ1) is 14.0. The highest BCUT2D eigenvalue weighted by Crippen LogP contribution is 2.25. The SMILES string of the molecule is Cn1nc(C(=O)NCc2ccc(Cl)cc2)c2c(F)c(CN3CCOCC3)ccc21. The van der Waals surface area contributed by atoms with Crippen molar-refractivity contribution in [3.8, 4) is 0 Å². The Kier molecular flexibility index (Phi) is 5.80. The maximum absolute atomic E-state index is 15.4. The predicted octanol–water partition coefficient (Wildman–Crippen LogP) is 3.13. The summed E-state index contributed by atoms with van der Waals surface area (Å²) in [5, 5.41) is 7.98. The molecule has 8 heteroatoms. The zero-order valence-electron chi connectivity index (χ0n) is 16.1. The molecule has 0 saturated carbocycles. The topological polar surface area (TPSA) is 59.4 Å². The first kappa shape index (κ1) is 19.8. The van der Waals surface area contributed by atoms with Gasteiger partial charge in [-0.15, -0.1) is 0 Å². The van der Waals surface area contributed by atoms with Gasteiger partial charge in [-0.2, -0.15) is 5.10 Å². The number of benzene rings is 2. The third-order valence-corrected chi connectivity index (χ3v) is 5.37. The van der Waals surface area contributed by atoms with Crippen LogP contribution in [0, 0.1) is 5.82 Å². The Bertz CT molecular complexity index is 1030. The van der Waals surface area contributed by atoms with E-state index in [4.69, 9.17) is 16.3 Å². The zero-order chi connectivity index (χ0) is 20.4. The van der Waals surface area contributed by atoms with E-state index in [9.17, 15) is 4.79 Å². The van der Waals surface area contributed by atoms with E-state index < -0.39 is 11.7 Å². The van der Waals surface area contributed by atoms with E-state index in [1.54, 1.807) is 25.2 Å². The smallest absolute Gasteiger partial charge is 0.272 e. The van der Waals surface area contributed by atoms with Gasteiger partial charge in [-0.05, 0) is 23.8 Å². The standard InChI is InChI=1S/C21H22ClFN4O2/c1-26-17-7-4-15(13-27-8-10-29-11-9-27)19(23)18(17)20(25-26)21(28)24-12-14-2-5-16(22)6-3-14/h2-7H,8-13H2,1H3,(H,24,28). The van der Waals surface area contributed by atoms with Crippen LogP contribution in [0.2, 0.25) is 5.02 Å². The average Bonchev–Trinajstić information content (AvgIpc) is 3.07. The van der Waals surface area contributed by atoms with Crippen molar-refractivity contribution in [3.05, 3.63) is 64.1 Å². The van der Waals surface area contributed by atoms with Gasteiger partial charge < -0.3 is 10.1 Å². The summed E-state index contributed by atoms with van der Waals surface area (Å²) in [4.78, 5) is 14.9. The number of rotatable bonds is 5. The van der Waals surface area contributed by atoms with E-state index in [1.807, 2.05) is 18.2 Å². The van der Waals surface area contributed by atoms with E-state index in [2.05, 4.69) is 15.3 Å². The van der Waals surface area contributed by atoms with Crippen LogP contribution in [-0.2, 0) is 24.9 Å². The molecule has 2 heterocycles. The molecule has 0 unspecified atom stereocenters. The Balaban J connectivity index is 1.58. The summed E-state index contributed by atoms with van der Waals surface area (Å²) >= 11 is 5.89. The molecule has 0 atom stereocenters. The highest BCUT2D eigenvalue weighted by molar-refractivity contribution is 6.30. The molecule has 3 aromatic rings. The number of carbonyl (C=O) groups excluding carboxylic acids is 1. The van der Waals surface area contributed by atoms with Crippen LogP contribution in [-0.4, -0.2) is 46.9 Å². The van der Waals surface area contributed by atoms with Gasteiger partial charge in [0.15, 0.2) is 5.69 Å². The summed E-state index contributed by atoms with van der Waals surface area (Å²) in [6.45, 7) is 3.61. The van der Waals surface area contributed by atoms with Crippen LogP contribution in [0.3, 0.4) is 0 Å². The molecule has 1 saturated heterocycles. The number of carbonyl (C=O) groups is 1. The second-order valence-corrected chi connectivity index (χ2v) is 7.54. The maximum atomic E-state index is 15.4. The number of morpholine rings is 1. The van der Waals surface area contributed by atoms with Gasteiger partial charge in [0, 0.05) is 43.8 Å². The molecule has 0 aliphatic carbocycles. The molecule has 1 aliphatic heterocycles. The molecule has 0 radical (unpaired) electrons. The first-order valence-electron chi connectivity index (χ1n) is 9.50. The van der Waals surface area contributed by atoms with Crippen molar-refractivity contribution in [3.63, 3.8) is 0 Å². The van der Waals surface area contributed by atoms with E-state index >= 15 is 4.39 Å². The largest absolute Gasteiger partial charge is 0.379 e. The van der Waals surface area contributed by atoms with Crippen molar-refractivity contribution in [2.45, 2.75) is 13.1 Å².